The second-order valence-electron chi connectivity index (χ2n) is 8.96. The lowest BCUT2D eigenvalue weighted by molar-refractivity contribution is 0.0378. The minimum absolute atomic E-state index is 0.174. The SMILES string of the molecule is COc1cc(CN2CCN(c3ncccc3C(=O)OC(C)C)CC2)ccc1OCc1ccccc1Cl. The van der Waals surface area contributed by atoms with Gasteiger partial charge in [-0.1, -0.05) is 35.9 Å². The standard InChI is InChI=1S/C28H32ClN3O4/c1-20(2)36-28(33)23-8-6-12-30-27(23)32-15-13-31(14-16-32)18-21-10-11-25(26(17-21)34-3)35-19-22-7-4-5-9-24(22)29/h4-12,17,20H,13-16,18-19H2,1-3H3. The molecule has 36 heavy (non-hydrogen) atoms. The van der Waals surface area contributed by atoms with E-state index in [4.69, 9.17) is 25.8 Å². The first-order valence-electron chi connectivity index (χ1n) is 12.1. The van der Waals surface area contributed by atoms with E-state index in [2.05, 4.69) is 20.9 Å². The van der Waals surface area contributed by atoms with Crippen LogP contribution in [0.1, 0.15) is 35.3 Å². The van der Waals surface area contributed by atoms with Crippen molar-refractivity contribution >= 4 is 23.4 Å². The molecule has 1 aliphatic heterocycles. The number of rotatable bonds is 9. The van der Waals surface area contributed by atoms with Crippen LogP contribution < -0.4 is 14.4 Å². The highest BCUT2D eigenvalue weighted by molar-refractivity contribution is 6.31. The molecule has 8 heteroatoms. The Labute approximate surface area is 217 Å². The van der Waals surface area contributed by atoms with Crippen LogP contribution in [0.25, 0.3) is 0 Å². The summed E-state index contributed by atoms with van der Waals surface area (Å²) in [5.41, 5.74) is 2.58. The zero-order chi connectivity index (χ0) is 25.5. The largest absolute Gasteiger partial charge is 0.493 e. The Morgan fingerprint density at radius 1 is 1.03 bits per heavy atom. The quantitative estimate of drug-likeness (QED) is 0.367. The highest BCUT2D eigenvalue weighted by atomic mass is 35.5. The minimum Gasteiger partial charge on any atom is -0.493 e. The predicted molar refractivity (Wildman–Crippen MR) is 141 cm³/mol. The number of hydrogen-bond donors (Lipinski definition) is 0. The van der Waals surface area contributed by atoms with Crippen LogP contribution in [0.4, 0.5) is 5.82 Å². The van der Waals surface area contributed by atoms with Gasteiger partial charge in [0, 0.05) is 49.5 Å². The molecule has 0 bridgehead atoms. The van der Waals surface area contributed by atoms with E-state index >= 15 is 0 Å². The predicted octanol–water partition coefficient (Wildman–Crippen LogP) is 5.21. The van der Waals surface area contributed by atoms with Crippen molar-refractivity contribution in [3.05, 3.63) is 82.5 Å². The number of pyridine rings is 1. The Balaban J connectivity index is 1.35. The van der Waals surface area contributed by atoms with Gasteiger partial charge in [0.15, 0.2) is 11.5 Å². The van der Waals surface area contributed by atoms with Crippen LogP contribution >= 0.6 is 11.6 Å². The first-order valence-corrected chi connectivity index (χ1v) is 12.5. The molecule has 2 heterocycles. The van der Waals surface area contributed by atoms with Crippen molar-refractivity contribution in [2.45, 2.75) is 33.1 Å². The van der Waals surface area contributed by atoms with Crippen molar-refractivity contribution in [2.75, 3.05) is 38.2 Å². The second kappa shape index (κ2) is 12.1. The van der Waals surface area contributed by atoms with Gasteiger partial charge in [0.2, 0.25) is 0 Å². The van der Waals surface area contributed by atoms with Gasteiger partial charge in [0.05, 0.1) is 13.2 Å². The van der Waals surface area contributed by atoms with Crippen LogP contribution in [0.3, 0.4) is 0 Å². The van der Waals surface area contributed by atoms with Gasteiger partial charge in [-0.25, -0.2) is 9.78 Å². The molecular formula is C28H32ClN3O4. The molecule has 1 saturated heterocycles. The van der Waals surface area contributed by atoms with E-state index in [9.17, 15) is 4.79 Å². The summed E-state index contributed by atoms with van der Waals surface area (Å²) in [6.45, 7) is 8.10. The van der Waals surface area contributed by atoms with Crippen molar-refractivity contribution < 1.29 is 19.0 Å². The maximum atomic E-state index is 12.5. The highest BCUT2D eigenvalue weighted by Gasteiger charge is 2.24. The molecular weight excluding hydrogens is 478 g/mol. The smallest absolute Gasteiger partial charge is 0.342 e. The van der Waals surface area contributed by atoms with Crippen LogP contribution in [0, 0.1) is 0 Å². The monoisotopic (exact) mass is 509 g/mol. The zero-order valence-electron chi connectivity index (χ0n) is 20.9. The van der Waals surface area contributed by atoms with Gasteiger partial charge >= 0.3 is 5.97 Å². The summed E-state index contributed by atoms with van der Waals surface area (Å²) < 4.78 is 17.0. The second-order valence-corrected chi connectivity index (χ2v) is 9.36. The van der Waals surface area contributed by atoms with E-state index in [1.165, 1.54) is 0 Å². The topological polar surface area (TPSA) is 64.1 Å². The number of ether oxygens (including phenoxy) is 3. The van der Waals surface area contributed by atoms with Gasteiger partial charge in [0.1, 0.15) is 18.0 Å². The lowest BCUT2D eigenvalue weighted by atomic mass is 10.1. The molecule has 1 aliphatic rings. The number of carbonyl (C=O) groups excluding carboxylic acids is 1. The summed E-state index contributed by atoms with van der Waals surface area (Å²) in [6, 6.07) is 17.2. The molecule has 0 N–H and O–H groups in total. The van der Waals surface area contributed by atoms with E-state index in [0.717, 1.165) is 43.9 Å². The average Bonchev–Trinajstić information content (AvgIpc) is 2.88. The number of piperazine rings is 1. The third-order valence-corrected chi connectivity index (χ3v) is 6.37. The Morgan fingerprint density at radius 3 is 2.53 bits per heavy atom. The Hall–Kier alpha value is -3.29. The van der Waals surface area contributed by atoms with Crippen molar-refractivity contribution in [1.29, 1.82) is 0 Å². The van der Waals surface area contributed by atoms with Gasteiger partial charge in [-0.3, -0.25) is 4.90 Å². The van der Waals surface area contributed by atoms with E-state index in [1.807, 2.05) is 50.2 Å². The summed E-state index contributed by atoms with van der Waals surface area (Å²) in [5, 5.41) is 0.682. The average molecular weight is 510 g/mol. The molecule has 190 valence electrons. The number of anilines is 1. The van der Waals surface area contributed by atoms with Crippen molar-refractivity contribution in [1.82, 2.24) is 9.88 Å². The number of halogens is 1. The fourth-order valence-electron chi connectivity index (χ4n) is 4.16. The highest BCUT2D eigenvalue weighted by Crippen LogP contribution is 2.30. The van der Waals surface area contributed by atoms with E-state index in [-0.39, 0.29) is 12.1 Å². The number of nitrogens with zero attached hydrogens (tertiary/aromatic N) is 3. The Morgan fingerprint density at radius 2 is 1.81 bits per heavy atom. The van der Waals surface area contributed by atoms with Crippen LogP contribution in [0.5, 0.6) is 11.5 Å². The van der Waals surface area contributed by atoms with Crippen molar-refractivity contribution in [2.24, 2.45) is 0 Å². The van der Waals surface area contributed by atoms with Crippen molar-refractivity contribution in [3.8, 4) is 11.5 Å². The van der Waals surface area contributed by atoms with Crippen LogP contribution in [0.2, 0.25) is 5.02 Å². The number of benzene rings is 2. The normalized spacial score (nSPS) is 14.1. The molecule has 0 unspecified atom stereocenters. The summed E-state index contributed by atoms with van der Waals surface area (Å²) >= 11 is 6.24. The van der Waals surface area contributed by atoms with Gasteiger partial charge in [-0.2, -0.15) is 0 Å². The van der Waals surface area contributed by atoms with Gasteiger partial charge < -0.3 is 19.1 Å². The maximum Gasteiger partial charge on any atom is 0.342 e. The molecule has 0 aliphatic carbocycles. The van der Waals surface area contributed by atoms with E-state index in [0.29, 0.717) is 34.5 Å². The molecule has 4 rings (SSSR count). The molecule has 1 fully saturated rings. The molecule has 0 saturated carbocycles. The summed E-state index contributed by atoms with van der Waals surface area (Å²) in [4.78, 5) is 21.5. The number of carbonyl (C=O) groups is 1. The van der Waals surface area contributed by atoms with Crippen LogP contribution in [-0.4, -0.2) is 55.2 Å². The Bertz CT molecular complexity index is 1180. The Kier molecular flexibility index (Phi) is 8.67. The minimum atomic E-state index is -0.334. The molecule has 2 aromatic carbocycles. The number of hydrogen-bond acceptors (Lipinski definition) is 7. The summed E-state index contributed by atoms with van der Waals surface area (Å²) in [6.07, 6.45) is 1.54. The fraction of sp³-hybridized carbons (Fsp3) is 0.357. The molecule has 0 radical (unpaired) electrons. The third kappa shape index (κ3) is 6.47. The number of methoxy groups -OCH3 is 1. The molecule has 1 aromatic heterocycles. The summed E-state index contributed by atoms with van der Waals surface area (Å²) in [5.74, 6) is 1.73. The summed E-state index contributed by atoms with van der Waals surface area (Å²) in [7, 11) is 1.65. The van der Waals surface area contributed by atoms with Crippen LogP contribution in [0.15, 0.2) is 60.8 Å². The first kappa shape index (κ1) is 25.8. The van der Waals surface area contributed by atoms with Crippen LogP contribution in [-0.2, 0) is 17.9 Å². The first-order chi connectivity index (χ1) is 17.4. The van der Waals surface area contributed by atoms with E-state index in [1.54, 1.807) is 25.4 Å². The molecule has 3 aromatic rings. The van der Waals surface area contributed by atoms with Gasteiger partial charge in [0.25, 0.3) is 0 Å². The fourth-order valence-corrected chi connectivity index (χ4v) is 4.35. The number of esters is 1. The van der Waals surface area contributed by atoms with E-state index < -0.39 is 0 Å². The molecule has 0 spiro atoms. The number of aromatic nitrogens is 1. The third-order valence-electron chi connectivity index (χ3n) is 6.00. The van der Waals surface area contributed by atoms with Gasteiger partial charge in [-0.15, -0.1) is 0 Å². The van der Waals surface area contributed by atoms with Crippen molar-refractivity contribution in [3.63, 3.8) is 0 Å². The maximum absolute atomic E-state index is 12.5. The lowest BCUT2D eigenvalue weighted by Crippen LogP contribution is -2.46. The zero-order valence-corrected chi connectivity index (χ0v) is 21.7. The van der Waals surface area contributed by atoms with Gasteiger partial charge in [-0.05, 0) is 49.7 Å². The molecule has 7 nitrogen and oxygen atoms in total. The lowest BCUT2D eigenvalue weighted by Gasteiger charge is -2.36. The molecule has 0 atom stereocenters. The molecule has 0 amide bonds.